The van der Waals surface area contributed by atoms with Crippen molar-refractivity contribution in [2.75, 3.05) is 11.9 Å². The lowest BCUT2D eigenvalue weighted by Gasteiger charge is -2.10. The van der Waals surface area contributed by atoms with Gasteiger partial charge in [0, 0.05) is 16.8 Å². The van der Waals surface area contributed by atoms with Crippen molar-refractivity contribution in [3.05, 3.63) is 70.7 Å². The third-order valence-electron chi connectivity index (χ3n) is 3.70. The molecule has 0 saturated heterocycles. The second-order valence-electron chi connectivity index (χ2n) is 5.64. The summed E-state index contributed by atoms with van der Waals surface area (Å²) in [6, 6.07) is 14.7. The van der Waals surface area contributed by atoms with Crippen LogP contribution in [0, 0.1) is 0 Å². The summed E-state index contributed by atoms with van der Waals surface area (Å²) in [6.07, 6.45) is 2.06. The highest BCUT2D eigenvalue weighted by Gasteiger charge is 2.12. The summed E-state index contributed by atoms with van der Waals surface area (Å²) in [7, 11) is 0. The standard InChI is InChI=1S/C19H19N3O3S/c20-18(23)9-11-25-15-7-5-14(6-8-15)21-19(24)17-4-1-10-22(17)13-16-3-2-12-26-16/h1-8,10,12H,9,11,13H2,(H2,20,23)(H,21,24). The second kappa shape index (κ2) is 8.35. The second-order valence-corrected chi connectivity index (χ2v) is 6.68. The number of hydrogen-bond acceptors (Lipinski definition) is 4. The molecule has 0 radical (unpaired) electrons. The van der Waals surface area contributed by atoms with Crippen molar-refractivity contribution in [2.24, 2.45) is 5.73 Å². The van der Waals surface area contributed by atoms with Crippen LogP contribution in [0.25, 0.3) is 0 Å². The van der Waals surface area contributed by atoms with Gasteiger partial charge in [0.2, 0.25) is 5.91 Å². The summed E-state index contributed by atoms with van der Waals surface area (Å²) < 4.78 is 7.33. The molecule has 0 spiro atoms. The van der Waals surface area contributed by atoms with Crippen LogP contribution in [0.15, 0.2) is 60.1 Å². The van der Waals surface area contributed by atoms with Gasteiger partial charge in [-0.3, -0.25) is 9.59 Å². The Morgan fingerprint density at radius 1 is 1.12 bits per heavy atom. The molecular weight excluding hydrogens is 350 g/mol. The van der Waals surface area contributed by atoms with Crippen LogP contribution < -0.4 is 15.8 Å². The number of thiophene rings is 1. The molecule has 0 aliphatic carbocycles. The minimum absolute atomic E-state index is 0.166. The van der Waals surface area contributed by atoms with E-state index in [0.29, 0.717) is 23.7 Å². The van der Waals surface area contributed by atoms with Crippen molar-refractivity contribution >= 4 is 28.8 Å². The molecule has 1 aromatic carbocycles. The van der Waals surface area contributed by atoms with E-state index in [1.54, 1.807) is 41.7 Å². The van der Waals surface area contributed by atoms with Gasteiger partial charge in [-0.15, -0.1) is 11.3 Å². The first kappa shape index (κ1) is 17.8. The van der Waals surface area contributed by atoms with E-state index in [2.05, 4.69) is 5.32 Å². The van der Waals surface area contributed by atoms with Crippen LogP contribution >= 0.6 is 11.3 Å². The highest BCUT2D eigenvalue weighted by atomic mass is 32.1. The van der Waals surface area contributed by atoms with E-state index >= 15 is 0 Å². The smallest absolute Gasteiger partial charge is 0.272 e. The van der Waals surface area contributed by atoms with Gasteiger partial charge in [-0.05, 0) is 47.8 Å². The van der Waals surface area contributed by atoms with Crippen molar-refractivity contribution in [1.29, 1.82) is 0 Å². The number of carbonyl (C=O) groups excluding carboxylic acids is 2. The number of primary amides is 1. The minimum Gasteiger partial charge on any atom is -0.493 e. The highest BCUT2D eigenvalue weighted by Crippen LogP contribution is 2.18. The van der Waals surface area contributed by atoms with Gasteiger partial charge in [0.05, 0.1) is 19.6 Å². The summed E-state index contributed by atoms with van der Waals surface area (Å²) in [6.45, 7) is 0.900. The van der Waals surface area contributed by atoms with Crippen molar-refractivity contribution in [3.63, 3.8) is 0 Å². The van der Waals surface area contributed by atoms with Gasteiger partial charge in [-0.2, -0.15) is 0 Å². The predicted octanol–water partition coefficient (Wildman–Crippen LogP) is 3.10. The number of nitrogens with one attached hydrogen (secondary N) is 1. The molecule has 0 fully saturated rings. The monoisotopic (exact) mass is 369 g/mol. The third-order valence-corrected chi connectivity index (χ3v) is 4.56. The fourth-order valence-electron chi connectivity index (χ4n) is 2.43. The van der Waals surface area contributed by atoms with E-state index in [1.165, 1.54) is 4.88 Å². The SMILES string of the molecule is NC(=O)CCOc1ccc(NC(=O)c2cccn2Cc2cccs2)cc1. The summed E-state index contributed by atoms with van der Waals surface area (Å²) >= 11 is 1.66. The molecule has 2 heterocycles. The number of anilines is 1. The normalized spacial score (nSPS) is 10.5. The number of hydrogen-bond donors (Lipinski definition) is 2. The van der Waals surface area contributed by atoms with E-state index in [4.69, 9.17) is 10.5 Å². The average Bonchev–Trinajstić information content (AvgIpc) is 3.28. The Labute approximate surface area is 155 Å². The van der Waals surface area contributed by atoms with Crippen molar-refractivity contribution in [3.8, 4) is 5.75 Å². The van der Waals surface area contributed by atoms with Gasteiger partial charge in [0.1, 0.15) is 11.4 Å². The average molecular weight is 369 g/mol. The topological polar surface area (TPSA) is 86.4 Å². The van der Waals surface area contributed by atoms with Gasteiger partial charge in [-0.1, -0.05) is 6.07 Å². The lowest BCUT2D eigenvalue weighted by molar-refractivity contribution is -0.118. The minimum atomic E-state index is -0.403. The lowest BCUT2D eigenvalue weighted by Crippen LogP contribution is -2.17. The summed E-state index contributed by atoms with van der Waals surface area (Å²) in [5.74, 6) is 0.0405. The molecule has 0 unspecified atom stereocenters. The summed E-state index contributed by atoms with van der Waals surface area (Å²) in [5.41, 5.74) is 6.33. The Kier molecular flexibility index (Phi) is 5.70. The molecule has 0 aliphatic rings. The van der Waals surface area contributed by atoms with Gasteiger partial charge in [0.15, 0.2) is 0 Å². The molecule has 3 aromatic rings. The summed E-state index contributed by atoms with van der Waals surface area (Å²) in [4.78, 5) is 24.4. The number of aromatic nitrogens is 1. The number of nitrogens with zero attached hydrogens (tertiary/aromatic N) is 1. The maximum absolute atomic E-state index is 12.5. The highest BCUT2D eigenvalue weighted by molar-refractivity contribution is 7.09. The molecule has 26 heavy (non-hydrogen) atoms. The van der Waals surface area contributed by atoms with E-state index in [0.717, 1.165) is 0 Å². The number of benzene rings is 1. The molecular formula is C19H19N3O3S. The molecule has 3 N–H and O–H groups in total. The van der Waals surface area contributed by atoms with Crippen LogP contribution in [0.5, 0.6) is 5.75 Å². The zero-order chi connectivity index (χ0) is 18.4. The third kappa shape index (κ3) is 4.73. The van der Waals surface area contributed by atoms with Crippen LogP contribution in [-0.4, -0.2) is 23.0 Å². The van der Waals surface area contributed by atoms with Crippen LogP contribution in [0.2, 0.25) is 0 Å². The molecule has 0 bridgehead atoms. The largest absolute Gasteiger partial charge is 0.493 e. The van der Waals surface area contributed by atoms with Crippen LogP contribution in [0.4, 0.5) is 5.69 Å². The number of amides is 2. The van der Waals surface area contributed by atoms with E-state index in [1.807, 2.05) is 34.3 Å². The van der Waals surface area contributed by atoms with Gasteiger partial charge < -0.3 is 20.4 Å². The van der Waals surface area contributed by atoms with E-state index in [9.17, 15) is 9.59 Å². The van der Waals surface area contributed by atoms with E-state index in [-0.39, 0.29) is 18.9 Å². The first-order valence-corrected chi connectivity index (χ1v) is 9.00. The van der Waals surface area contributed by atoms with Crippen molar-refractivity contribution < 1.29 is 14.3 Å². The molecule has 2 amide bonds. The number of rotatable bonds is 8. The molecule has 6 nitrogen and oxygen atoms in total. The Morgan fingerprint density at radius 3 is 2.62 bits per heavy atom. The Bertz CT molecular complexity index is 870. The molecule has 0 aliphatic heterocycles. The van der Waals surface area contributed by atoms with Crippen molar-refractivity contribution in [2.45, 2.75) is 13.0 Å². The lowest BCUT2D eigenvalue weighted by atomic mass is 10.3. The Balaban J connectivity index is 1.60. The van der Waals surface area contributed by atoms with E-state index < -0.39 is 5.91 Å². The van der Waals surface area contributed by atoms with Crippen molar-refractivity contribution in [1.82, 2.24) is 4.57 Å². The Morgan fingerprint density at radius 2 is 1.92 bits per heavy atom. The zero-order valence-electron chi connectivity index (χ0n) is 14.1. The molecule has 0 saturated carbocycles. The molecule has 134 valence electrons. The fraction of sp³-hybridized carbons (Fsp3) is 0.158. The first-order chi connectivity index (χ1) is 12.6. The molecule has 7 heteroatoms. The molecule has 2 aromatic heterocycles. The van der Waals surface area contributed by atoms with Gasteiger partial charge in [-0.25, -0.2) is 0 Å². The number of ether oxygens (including phenoxy) is 1. The molecule has 0 atom stereocenters. The number of nitrogens with two attached hydrogens (primary N) is 1. The maximum atomic E-state index is 12.5. The fourth-order valence-corrected chi connectivity index (χ4v) is 3.13. The van der Waals surface area contributed by atoms with Gasteiger partial charge >= 0.3 is 0 Å². The van der Waals surface area contributed by atoms with Gasteiger partial charge in [0.25, 0.3) is 5.91 Å². The Hall–Kier alpha value is -3.06. The van der Waals surface area contributed by atoms with Crippen LogP contribution in [0.1, 0.15) is 21.8 Å². The number of carbonyl (C=O) groups is 2. The first-order valence-electron chi connectivity index (χ1n) is 8.12. The quantitative estimate of drug-likeness (QED) is 0.640. The molecule has 3 rings (SSSR count). The maximum Gasteiger partial charge on any atom is 0.272 e. The summed E-state index contributed by atoms with van der Waals surface area (Å²) in [5, 5.41) is 4.90. The zero-order valence-corrected chi connectivity index (χ0v) is 14.9. The predicted molar refractivity (Wildman–Crippen MR) is 102 cm³/mol. The van der Waals surface area contributed by atoms with Crippen LogP contribution in [0.3, 0.4) is 0 Å². The van der Waals surface area contributed by atoms with Crippen LogP contribution in [-0.2, 0) is 11.3 Å².